The second-order valence-corrected chi connectivity index (χ2v) is 6.67. The van der Waals surface area contributed by atoms with E-state index < -0.39 is 11.4 Å². The summed E-state index contributed by atoms with van der Waals surface area (Å²) in [5, 5.41) is 12.5. The molecule has 0 fully saturated rings. The van der Waals surface area contributed by atoms with Gasteiger partial charge in [0.25, 0.3) is 5.91 Å². The van der Waals surface area contributed by atoms with E-state index in [9.17, 15) is 9.59 Å². The Kier molecular flexibility index (Phi) is 4.61. The van der Waals surface area contributed by atoms with Crippen molar-refractivity contribution >= 4 is 23.2 Å². The summed E-state index contributed by atoms with van der Waals surface area (Å²) in [7, 11) is 0. The van der Waals surface area contributed by atoms with Crippen LogP contribution in [-0.2, 0) is 4.79 Å². The molecule has 6 heteroatoms. The molecule has 0 atom stereocenters. The number of aromatic nitrogens is 1. The minimum atomic E-state index is -1.00. The second-order valence-electron chi connectivity index (χ2n) is 5.67. The molecule has 2 N–H and O–H groups in total. The van der Waals surface area contributed by atoms with Crippen LogP contribution in [-0.4, -0.2) is 28.5 Å². The Balaban J connectivity index is 2.15. The number of aryl methyl sites for hydroxylation is 1. The van der Waals surface area contributed by atoms with Gasteiger partial charge in [-0.25, -0.2) is 4.98 Å². The topological polar surface area (TPSA) is 79.3 Å². The highest BCUT2D eigenvalue weighted by molar-refractivity contribution is 7.17. The lowest BCUT2D eigenvalue weighted by atomic mass is 9.94. The third-order valence-electron chi connectivity index (χ3n) is 3.29. The van der Waals surface area contributed by atoms with Gasteiger partial charge < -0.3 is 10.4 Å². The number of thiazole rings is 1. The number of benzene rings is 1. The van der Waals surface area contributed by atoms with Crippen molar-refractivity contribution in [2.45, 2.75) is 20.8 Å². The highest BCUT2D eigenvalue weighted by atomic mass is 32.1. The fourth-order valence-electron chi connectivity index (χ4n) is 1.77. The number of carbonyl (C=O) groups is 2. The molecule has 1 aromatic carbocycles. The van der Waals surface area contributed by atoms with Crippen LogP contribution < -0.4 is 5.32 Å². The zero-order chi connectivity index (χ0) is 16.3. The van der Waals surface area contributed by atoms with Crippen molar-refractivity contribution in [1.29, 1.82) is 0 Å². The van der Waals surface area contributed by atoms with Crippen LogP contribution in [0.3, 0.4) is 0 Å². The van der Waals surface area contributed by atoms with Crippen LogP contribution in [0.2, 0.25) is 0 Å². The van der Waals surface area contributed by atoms with E-state index in [2.05, 4.69) is 10.3 Å². The van der Waals surface area contributed by atoms with E-state index in [1.165, 1.54) is 11.3 Å². The second kappa shape index (κ2) is 6.27. The normalized spacial score (nSPS) is 11.2. The van der Waals surface area contributed by atoms with Crippen LogP contribution in [0.1, 0.15) is 29.2 Å². The summed E-state index contributed by atoms with van der Waals surface area (Å²) in [4.78, 5) is 28.2. The average Bonchev–Trinajstić information content (AvgIpc) is 2.88. The van der Waals surface area contributed by atoms with Crippen molar-refractivity contribution in [2.24, 2.45) is 5.41 Å². The van der Waals surface area contributed by atoms with E-state index in [1.54, 1.807) is 20.8 Å². The molecule has 0 radical (unpaired) electrons. The molecule has 2 rings (SSSR count). The Bertz CT molecular complexity index is 693. The summed E-state index contributed by atoms with van der Waals surface area (Å²) in [5.74, 6) is -1.23. The fraction of sp³-hybridized carbons (Fsp3) is 0.312. The van der Waals surface area contributed by atoms with Crippen molar-refractivity contribution in [3.63, 3.8) is 0 Å². The van der Waals surface area contributed by atoms with Crippen molar-refractivity contribution in [2.75, 3.05) is 6.54 Å². The number of amides is 1. The van der Waals surface area contributed by atoms with Crippen molar-refractivity contribution in [1.82, 2.24) is 10.3 Å². The van der Waals surface area contributed by atoms with Crippen LogP contribution in [0, 0.1) is 12.3 Å². The van der Waals surface area contributed by atoms with Crippen molar-refractivity contribution in [3.8, 4) is 10.6 Å². The first-order valence-corrected chi connectivity index (χ1v) is 7.67. The number of carboxylic acids is 1. The molecule has 5 nitrogen and oxygen atoms in total. The molecule has 1 aromatic heterocycles. The SMILES string of the molecule is Cc1nc(-c2ccccc2)sc1C(=O)NCC(C)(C)C(=O)O. The van der Waals surface area contributed by atoms with E-state index in [-0.39, 0.29) is 12.5 Å². The lowest BCUT2D eigenvalue weighted by Gasteiger charge is -2.19. The van der Waals surface area contributed by atoms with Gasteiger partial charge in [-0.3, -0.25) is 9.59 Å². The Hall–Kier alpha value is -2.21. The van der Waals surface area contributed by atoms with Crippen LogP contribution >= 0.6 is 11.3 Å². The molecule has 0 spiro atoms. The fourth-order valence-corrected chi connectivity index (χ4v) is 2.76. The molecule has 1 amide bonds. The van der Waals surface area contributed by atoms with Gasteiger partial charge in [0.05, 0.1) is 11.1 Å². The number of rotatable bonds is 5. The maximum absolute atomic E-state index is 12.2. The minimum Gasteiger partial charge on any atom is -0.481 e. The number of carboxylic acid groups (broad SMARTS) is 1. The van der Waals surface area contributed by atoms with Crippen molar-refractivity contribution in [3.05, 3.63) is 40.9 Å². The van der Waals surface area contributed by atoms with Gasteiger partial charge in [-0.05, 0) is 20.8 Å². The van der Waals surface area contributed by atoms with Crippen LogP contribution in [0.15, 0.2) is 30.3 Å². The quantitative estimate of drug-likeness (QED) is 0.888. The van der Waals surface area contributed by atoms with Gasteiger partial charge in [-0.15, -0.1) is 11.3 Å². The number of nitrogens with one attached hydrogen (secondary N) is 1. The summed E-state index contributed by atoms with van der Waals surface area (Å²) in [6, 6.07) is 9.63. The third-order valence-corrected chi connectivity index (χ3v) is 4.50. The predicted octanol–water partition coefficient (Wildman–Crippen LogP) is 2.96. The average molecular weight is 318 g/mol. The number of hydrogen-bond acceptors (Lipinski definition) is 4. The van der Waals surface area contributed by atoms with Gasteiger partial charge in [0.2, 0.25) is 0 Å². The Morgan fingerprint density at radius 2 is 1.91 bits per heavy atom. The van der Waals surface area contributed by atoms with E-state index in [1.807, 2.05) is 30.3 Å². The van der Waals surface area contributed by atoms with Gasteiger partial charge in [0.15, 0.2) is 0 Å². The molecule has 0 unspecified atom stereocenters. The number of carbonyl (C=O) groups excluding carboxylic acids is 1. The zero-order valence-electron chi connectivity index (χ0n) is 12.7. The maximum Gasteiger partial charge on any atom is 0.310 e. The first-order valence-electron chi connectivity index (χ1n) is 6.86. The maximum atomic E-state index is 12.2. The van der Waals surface area contributed by atoms with E-state index in [0.717, 1.165) is 10.6 Å². The number of aliphatic carboxylic acids is 1. The smallest absolute Gasteiger partial charge is 0.310 e. The van der Waals surface area contributed by atoms with Gasteiger partial charge >= 0.3 is 5.97 Å². The van der Waals surface area contributed by atoms with Gasteiger partial charge in [-0.2, -0.15) is 0 Å². The first-order chi connectivity index (χ1) is 10.3. The summed E-state index contributed by atoms with van der Waals surface area (Å²) in [6.45, 7) is 4.99. The van der Waals surface area contributed by atoms with E-state index >= 15 is 0 Å². The molecule has 1 heterocycles. The molecule has 0 saturated heterocycles. The predicted molar refractivity (Wildman–Crippen MR) is 86.0 cm³/mol. The summed E-state index contributed by atoms with van der Waals surface area (Å²) in [5.41, 5.74) is 0.603. The standard InChI is InChI=1S/C16H18N2O3S/c1-10-12(13(19)17-9-16(2,3)15(20)21)22-14(18-10)11-7-5-4-6-8-11/h4-8H,9H2,1-3H3,(H,17,19)(H,20,21). The Morgan fingerprint density at radius 1 is 1.27 bits per heavy atom. The van der Waals surface area contributed by atoms with E-state index in [4.69, 9.17) is 5.11 Å². The lowest BCUT2D eigenvalue weighted by molar-refractivity contribution is -0.146. The molecule has 0 saturated carbocycles. The van der Waals surface area contributed by atoms with Gasteiger partial charge in [0.1, 0.15) is 9.88 Å². The Morgan fingerprint density at radius 3 is 2.50 bits per heavy atom. The molecule has 0 aliphatic rings. The van der Waals surface area contributed by atoms with E-state index in [0.29, 0.717) is 10.6 Å². The molecule has 0 aliphatic carbocycles. The summed E-state index contributed by atoms with van der Waals surface area (Å²) in [6.07, 6.45) is 0. The molecule has 0 bridgehead atoms. The van der Waals surface area contributed by atoms with Gasteiger partial charge in [-0.1, -0.05) is 30.3 Å². The highest BCUT2D eigenvalue weighted by Crippen LogP contribution is 2.27. The van der Waals surface area contributed by atoms with Crippen LogP contribution in [0.25, 0.3) is 10.6 Å². The Labute approximate surface area is 133 Å². The first kappa shape index (κ1) is 16.2. The zero-order valence-corrected chi connectivity index (χ0v) is 13.5. The molecule has 2 aromatic rings. The minimum absolute atomic E-state index is 0.0686. The third kappa shape index (κ3) is 3.51. The van der Waals surface area contributed by atoms with Crippen LogP contribution in [0.4, 0.5) is 0 Å². The monoisotopic (exact) mass is 318 g/mol. The molecular formula is C16H18N2O3S. The molecule has 22 heavy (non-hydrogen) atoms. The highest BCUT2D eigenvalue weighted by Gasteiger charge is 2.28. The number of nitrogens with zero attached hydrogens (tertiary/aromatic N) is 1. The van der Waals surface area contributed by atoms with Gasteiger partial charge in [0, 0.05) is 12.1 Å². The van der Waals surface area contributed by atoms with Crippen LogP contribution in [0.5, 0.6) is 0 Å². The lowest BCUT2D eigenvalue weighted by Crippen LogP contribution is -2.38. The summed E-state index contributed by atoms with van der Waals surface area (Å²) < 4.78 is 0. The largest absolute Gasteiger partial charge is 0.481 e. The molecule has 0 aliphatic heterocycles. The molecular weight excluding hydrogens is 300 g/mol. The molecule has 116 valence electrons. The van der Waals surface area contributed by atoms with Crippen molar-refractivity contribution < 1.29 is 14.7 Å². The number of hydrogen-bond donors (Lipinski definition) is 2. The summed E-state index contributed by atoms with van der Waals surface area (Å²) >= 11 is 1.31.